The molecule has 0 aromatic heterocycles. The number of aliphatic hydroxyl groups excluding tert-OH is 1. The average molecular weight is 224 g/mol. The van der Waals surface area contributed by atoms with Gasteiger partial charge in [-0.3, -0.25) is 0 Å². The lowest BCUT2D eigenvalue weighted by Crippen LogP contribution is -2.30. The third kappa shape index (κ3) is 2.54. The van der Waals surface area contributed by atoms with E-state index in [1.54, 1.807) is 0 Å². The van der Waals surface area contributed by atoms with Gasteiger partial charge in [0.15, 0.2) is 0 Å². The van der Waals surface area contributed by atoms with Crippen molar-refractivity contribution in [3.8, 4) is 0 Å². The quantitative estimate of drug-likeness (QED) is 0.852. The van der Waals surface area contributed by atoms with Crippen LogP contribution < -0.4 is 0 Å². The highest BCUT2D eigenvalue weighted by Crippen LogP contribution is 2.34. The molecule has 2 nitrogen and oxygen atoms in total. The molecule has 15 heavy (non-hydrogen) atoms. The first-order chi connectivity index (χ1) is 7.31. The van der Waals surface area contributed by atoms with Crippen molar-refractivity contribution in [3.63, 3.8) is 0 Å². The molecule has 82 valence electrons. The molecule has 1 aliphatic rings. The summed E-state index contributed by atoms with van der Waals surface area (Å²) in [5.41, 5.74) is 1.05. The normalized spacial score (nSPS) is 18.5. The Labute approximate surface area is 94.6 Å². The van der Waals surface area contributed by atoms with Crippen molar-refractivity contribution in [1.29, 1.82) is 0 Å². The molecular weight excluding hydrogens is 208 g/mol. The largest absolute Gasteiger partial charge is 0.388 e. The van der Waals surface area contributed by atoms with E-state index in [9.17, 15) is 5.11 Å². The molecule has 1 aromatic rings. The van der Waals surface area contributed by atoms with Gasteiger partial charge in [-0.1, -0.05) is 25.1 Å². The number of hydrogen-bond donors (Lipinski definition) is 1. The lowest BCUT2D eigenvalue weighted by molar-refractivity contribution is 0.0454. The second kappa shape index (κ2) is 5.01. The van der Waals surface area contributed by atoms with Crippen LogP contribution in [-0.4, -0.2) is 23.6 Å². The smallest absolute Gasteiger partial charge is 0.0798 e. The second-order valence-corrected chi connectivity index (χ2v) is 5.08. The molecule has 1 N–H and O–H groups in total. The van der Waals surface area contributed by atoms with E-state index < -0.39 is 0 Å². The summed E-state index contributed by atoms with van der Waals surface area (Å²) in [5, 5.41) is 10.4. The molecule has 1 aliphatic heterocycles. The number of hydrogen-bond acceptors (Lipinski definition) is 3. The standard InChI is InChI=1S/C12H16O2S/c1-2-11(13)10-5-3-4-6-12(10)15-9-7-14-8-9/h3-6,9,11,13H,2,7-8H2,1H3/t11-/m1/s1. The fourth-order valence-corrected chi connectivity index (χ4v) is 2.73. The summed E-state index contributed by atoms with van der Waals surface area (Å²) in [4.78, 5) is 1.19. The van der Waals surface area contributed by atoms with Crippen LogP contribution in [-0.2, 0) is 4.74 Å². The number of aliphatic hydroxyl groups is 1. The van der Waals surface area contributed by atoms with E-state index in [4.69, 9.17) is 4.74 Å². The Kier molecular flexibility index (Phi) is 3.67. The summed E-state index contributed by atoms with van der Waals surface area (Å²) >= 11 is 1.82. The molecular formula is C12H16O2S. The van der Waals surface area contributed by atoms with Crippen LogP contribution in [0.15, 0.2) is 29.2 Å². The minimum Gasteiger partial charge on any atom is -0.388 e. The molecule has 3 heteroatoms. The van der Waals surface area contributed by atoms with Crippen LogP contribution in [0.5, 0.6) is 0 Å². The van der Waals surface area contributed by atoms with E-state index in [1.807, 2.05) is 36.9 Å². The van der Waals surface area contributed by atoms with Crippen molar-refractivity contribution in [3.05, 3.63) is 29.8 Å². The number of ether oxygens (including phenoxy) is 1. The fraction of sp³-hybridized carbons (Fsp3) is 0.500. The van der Waals surface area contributed by atoms with Crippen LogP contribution in [0.1, 0.15) is 25.0 Å². The Balaban J connectivity index is 2.13. The molecule has 0 radical (unpaired) electrons. The fourth-order valence-electron chi connectivity index (χ4n) is 1.54. The maximum atomic E-state index is 9.87. The zero-order valence-corrected chi connectivity index (χ0v) is 9.67. The third-order valence-electron chi connectivity index (χ3n) is 2.57. The first-order valence-corrected chi connectivity index (χ1v) is 6.20. The Morgan fingerprint density at radius 3 is 2.80 bits per heavy atom. The van der Waals surface area contributed by atoms with Crippen LogP contribution in [0, 0.1) is 0 Å². The molecule has 0 amide bonds. The van der Waals surface area contributed by atoms with Gasteiger partial charge in [0.2, 0.25) is 0 Å². The number of benzene rings is 1. The molecule has 2 rings (SSSR count). The maximum absolute atomic E-state index is 9.87. The molecule has 1 fully saturated rings. The van der Waals surface area contributed by atoms with Gasteiger partial charge in [0, 0.05) is 4.90 Å². The molecule has 1 aromatic carbocycles. The van der Waals surface area contributed by atoms with Crippen LogP contribution in [0.4, 0.5) is 0 Å². The SMILES string of the molecule is CC[C@@H](O)c1ccccc1SC1COC1. The van der Waals surface area contributed by atoms with Crippen LogP contribution >= 0.6 is 11.8 Å². The molecule has 0 aliphatic carbocycles. The zero-order chi connectivity index (χ0) is 10.7. The van der Waals surface area contributed by atoms with Gasteiger partial charge in [-0.2, -0.15) is 0 Å². The highest BCUT2D eigenvalue weighted by atomic mass is 32.2. The highest BCUT2D eigenvalue weighted by molar-refractivity contribution is 8.00. The summed E-state index contributed by atoms with van der Waals surface area (Å²) in [6.45, 7) is 3.67. The maximum Gasteiger partial charge on any atom is 0.0798 e. The van der Waals surface area contributed by atoms with E-state index >= 15 is 0 Å². The Morgan fingerprint density at radius 1 is 1.47 bits per heavy atom. The molecule has 0 saturated carbocycles. The Hall–Kier alpha value is -0.510. The summed E-state index contributed by atoms with van der Waals surface area (Å²) in [5.74, 6) is 0. The number of rotatable bonds is 4. The van der Waals surface area contributed by atoms with E-state index in [0.717, 1.165) is 25.2 Å². The van der Waals surface area contributed by atoms with Crippen LogP contribution in [0.25, 0.3) is 0 Å². The highest BCUT2D eigenvalue weighted by Gasteiger charge is 2.21. The molecule has 1 atom stereocenters. The van der Waals surface area contributed by atoms with Gasteiger partial charge in [0.25, 0.3) is 0 Å². The van der Waals surface area contributed by atoms with Gasteiger partial charge in [-0.15, -0.1) is 11.8 Å². The lowest BCUT2D eigenvalue weighted by atomic mass is 10.1. The van der Waals surface area contributed by atoms with Gasteiger partial charge >= 0.3 is 0 Å². The van der Waals surface area contributed by atoms with Crippen molar-refractivity contribution >= 4 is 11.8 Å². The molecule has 0 bridgehead atoms. The minimum absolute atomic E-state index is 0.338. The van der Waals surface area contributed by atoms with Gasteiger partial charge in [0.05, 0.1) is 24.6 Å². The Bertz CT molecular complexity index is 323. The molecule has 0 spiro atoms. The summed E-state index contributed by atoms with van der Waals surface area (Å²) in [6, 6.07) is 8.09. The minimum atomic E-state index is -0.338. The van der Waals surface area contributed by atoms with Gasteiger partial charge in [-0.05, 0) is 18.1 Å². The molecule has 0 unspecified atom stereocenters. The number of thioether (sulfide) groups is 1. The Morgan fingerprint density at radius 2 is 2.20 bits per heavy atom. The van der Waals surface area contributed by atoms with Gasteiger partial charge in [0.1, 0.15) is 0 Å². The van der Waals surface area contributed by atoms with Crippen molar-refractivity contribution in [1.82, 2.24) is 0 Å². The van der Waals surface area contributed by atoms with Crippen molar-refractivity contribution in [2.45, 2.75) is 29.6 Å². The predicted octanol–water partition coefficient (Wildman–Crippen LogP) is 2.62. The van der Waals surface area contributed by atoms with Gasteiger partial charge in [-0.25, -0.2) is 0 Å². The third-order valence-corrected chi connectivity index (χ3v) is 3.80. The average Bonchev–Trinajstić information content (AvgIpc) is 2.23. The summed E-state index contributed by atoms with van der Waals surface area (Å²) in [7, 11) is 0. The van der Waals surface area contributed by atoms with Crippen molar-refractivity contribution in [2.24, 2.45) is 0 Å². The van der Waals surface area contributed by atoms with Crippen LogP contribution in [0.2, 0.25) is 0 Å². The van der Waals surface area contributed by atoms with Crippen LogP contribution in [0.3, 0.4) is 0 Å². The molecule has 1 saturated heterocycles. The summed E-state index contributed by atoms with van der Waals surface area (Å²) < 4.78 is 5.15. The van der Waals surface area contributed by atoms with Crippen molar-refractivity contribution < 1.29 is 9.84 Å². The first-order valence-electron chi connectivity index (χ1n) is 5.32. The summed E-state index contributed by atoms with van der Waals surface area (Å²) in [6.07, 6.45) is 0.424. The van der Waals surface area contributed by atoms with E-state index in [1.165, 1.54) is 4.90 Å². The van der Waals surface area contributed by atoms with Gasteiger partial charge < -0.3 is 9.84 Å². The zero-order valence-electron chi connectivity index (χ0n) is 8.85. The molecule has 1 heterocycles. The lowest BCUT2D eigenvalue weighted by Gasteiger charge is -2.26. The predicted molar refractivity (Wildman–Crippen MR) is 62.2 cm³/mol. The van der Waals surface area contributed by atoms with E-state index in [0.29, 0.717) is 5.25 Å². The topological polar surface area (TPSA) is 29.5 Å². The van der Waals surface area contributed by atoms with E-state index in [-0.39, 0.29) is 6.10 Å². The first kappa shape index (κ1) is 11.0. The van der Waals surface area contributed by atoms with E-state index in [2.05, 4.69) is 6.07 Å². The monoisotopic (exact) mass is 224 g/mol. The second-order valence-electron chi connectivity index (χ2n) is 3.74. The van der Waals surface area contributed by atoms with Crippen molar-refractivity contribution in [2.75, 3.05) is 13.2 Å².